The average Bonchev–Trinajstić information content (AvgIpc) is 2.52. The van der Waals surface area contributed by atoms with Crippen LogP contribution in [-0.2, 0) is 15.7 Å². The summed E-state index contributed by atoms with van der Waals surface area (Å²) in [5.41, 5.74) is 0. The minimum atomic E-state index is -5.41. The molecule has 0 bridgehead atoms. The summed E-state index contributed by atoms with van der Waals surface area (Å²) in [7, 11) is -10.8. The predicted molar refractivity (Wildman–Crippen MR) is 59.8 cm³/mol. The summed E-state index contributed by atoms with van der Waals surface area (Å²) in [4.78, 5) is 38.7. The van der Waals surface area contributed by atoms with Gasteiger partial charge in [-0.15, -0.1) is 0 Å². The maximum absolute atomic E-state index is 10.9. The van der Waals surface area contributed by atoms with Gasteiger partial charge in [0.25, 0.3) is 5.08 Å². The van der Waals surface area contributed by atoms with Crippen molar-refractivity contribution in [1.29, 1.82) is 0 Å². The van der Waals surface area contributed by atoms with E-state index in [1.165, 1.54) is 12.4 Å². The number of rotatable bonds is 4. The van der Waals surface area contributed by atoms with Crippen molar-refractivity contribution in [2.75, 3.05) is 0 Å². The Kier molecular flexibility index (Phi) is 6.36. The fourth-order valence-electron chi connectivity index (χ4n) is 0.979. The zero-order valence-electron chi connectivity index (χ0n) is 7.78. The van der Waals surface area contributed by atoms with E-state index in [2.05, 4.69) is 4.98 Å². The second-order valence-corrected chi connectivity index (χ2v) is 7.11. The SMILES string of the molecule is O=P(O)(O)C(O)(Cn1ccnc1)P(=O)(O)O.[BaH2]. The van der Waals surface area contributed by atoms with Gasteiger partial charge in [0.1, 0.15) is 0 Å². The number of aliphatic hydroxyl groups is 1. The summed E-state index contributed by atoms with van der Waals surface area (Å²) in [5.74, 6) is 0. The van der Waals surface area contributed by atoms with Crippen molar-refractivity contribution in [3.05, 3.63) is 18.7 Å². The minimum absolute atomic E-state index is 0. The Labute approximate surface area is 136 Å². The molecule has 0 saturated heterocycles. The molecule has 12 heteroatoms. The van der Waals surface area contributed by atoms with Crippen LogP contribution in [0.5, 0.6) is 0 Å². The van der Waals surface area contributed by atoms with Gasteiger partial charge in [0.15, 0.2) is 0 Å². The zero-order valence-corrected chi connectivity index (χ0v) is 9.57. The Hall–Kier alpha value is 1.04. The van der Waals surface area contributed by atoms with Gasteiger partial charge >= 0.3 is 64.1 Å². The summed E-state index contributed by atoms with van der Waals surface area (Å²) < 4.78 is 22.8. The van der Waals surface area contributed by atoms with Gasteiger partial charge in [-0.1, -0.05) is 0 Å². The maximum atomic E-state index is 10.9. The predicted octanol–water partition coefficient (Wildman–Crippen LogP) is -2.03. The van der Waals surface area contributed by atoms with E-state index in [4.69, 9.17) is 19.6 Å². The Morgan fingerprint density at radius 1 is 1.18 bits per heavy atom. The summed E-state index contributed by atoms with van der Waals surface area (Å²) >= 11 is 0. The molecule has 96 valence electrons. The van der Waals surface area contributed by atoms with Gasteiger partial charge in [-0.3, -0.25) is 9.13 Å². The van der Waals surface area contributed by atoms with Crippen molar-refractivity contribution < 1.29 is 33.8 Å². The van der Waals surface area contributed by atoms with Gasteiger partial charge in [-0.2, -0.15) is 0 Å². The molecule has 17 heavy (non-hydrogen) atoms. The molecule has 0 aromatic carbocycles. The summed E-state index contributed by atoms with van der Waals surface area (Å²) in [5, 5.41) is 6.04. The quantitative estimate of drug-likeness (QED) is 0.281. The number of aromatic nitrogens is 2. The van der Waals surface area contributed by atoms with Crippen molar-refractivity contribution in [1.82, 2.24) is 9.55 Å². The average molecular weight is 411 g/mol. The standard InChI is InChI=1S/C5H10N2O7P2.Ba.2H/c8-5(15(9,10)11,16(12,13)14)3-7-2-1-6-4-7;;;/h1-2,4,8H,3H2,(H2,9,10,11)(H2,12,13,14);;;. The van der Waals surface area contributed by atoms with Crippen LogP contribution in [0.15, 0.2) is 18.7 Å². The number of nitrogens with zero attached hydrogens (tertiary/aromatic N) is 2. The molecule has 9 nitrogen and oxygen atoms in total. The van der Waals surface area contributed by atoms with Gasteiger partial charge in [-0.05, 0) is 0 Å². The van der Waals surface area contributed by atoms with E-state index in [0.29, 0.717) is 0 Å². The number of hydrogen-bond acceptors (Lipinski definition) is 4. The summed E-state index contributed by atoms with van der Waals surface area (Å²) in [6.07, 6.45) is 3.51. The summed E-state index contributed by atoms with van der Waals surface area (Å²) in [6, 6.07) is 0. The Bertz CT molecular complexity index is 429. The fourth-order valence-corrected chi connectivity index (χ4v) is 3.03. The first-order valence-electron chi connectivity index (χ1n) is 3.87. The monoisotopic (exact) mass is 412 g/mol. The normalized spacial score (nSPS) is 13.2. The van der Waals surface area contributed by atoms with Gasteiger partial charge in [0.05, 0.1) is 12.9 Å². The molecular weight excluding hydrogens is 399 g/mol. The first kappa shape index (κ1) is 18.0. The van der Waals surface area contributed by atoms with E-state index in [1.807, 2.05) is 0 Å². The molecule has 1 rings (SSSR count). The van der Waals surface area contributed by atoms with Crippen LogP contribution in [0.1, 0.15) is 0 Å². The first-order valence-corrected chi connectivity index (χ1v) is 7.10. The molecule has 1 aromatic rings. The molecule has 1 heterocycles. The second-order valence-electron chi connectivity index (χ2n) is 3.10. The van der Waals surface area contributed by atoms with Crippen molar-refractivity contribution in [3.63, 3.8) is 0 Å². The molecule has 0 unspecified atom stereocenters. The van der Waals surface area contributed by atoms with Crippen LogP contribution in [0, 0.1) is 0 Å². The molecule has 5 N–H and O–H groups in total. The summed E-state index contributed by atoms with van der Waals surface area (Å²) in [6.45, 7) is -0.957. The third-order valence-corrected chi connectivity index (χ3v) is 5.60. The van der Waals surface area contributed by atoms with Gasteiger partial charge in [0, 0.05) is 12.4 Å². The molecule has 0 aliphatic heterocycles. The van der Waals surface area contributed by atoms with Crippen molar-refractivity contribution in [2.45, 2.75) is 11.6 Å². The molecule has 0 aliphatic carbocycles. The Morgan fingerprint density at radius 3 is 1.94 bits per heavy atom. The van der Waals surface area contributed by atoms with E-state index in [1.54, 1.807) is 0 Å². The van der Waals surface area contributed by atoms with Gasteiger partial charge in [-0.25, -0.2) is 4.98 Å². The fraction of sp³-hybridized carbons (Fsp3) is 0.400. The van der Waals surface area contributed by atoms with E-state index in [0.717, 1.165) is 10.9 Å². The Balaban J connectivity index is 0.00000256. The van der Waals surface area contributed by atoms with Crippen LogP contribution < -0.4 is 0 Å². The first-order chi connectivity index (χ1) is 7.08. The molecule has 0 fully saturated rings. The van der Waals surface area contributed by atoms with Crippen LogP contribution in [0.25, 0.3) is 0 Å². The third kappa shape index (κ3) is 4.00. The van der Waals surface area contributed by atoms with Crippen LogP contribution in [-0.4, -0.2) is 88.2 Å². The second kappa shape index (κ2) is 6.00. The molecule has 0 amide bonds. The van der Waals surface area contributed by atoms with Crippen molar-refractivity contribution in [3.8, 4) is 0 Å². The van der Waals surface area contributed by atoms with Crippen LogP contribution in [0.3, 0.4) is 0 Å². The van der Waals surface area contributed by atoms with Crippen molar-refractivity contribution >= 4 is 64.1 Å². The topological polar surface area (TPSA) is 153 Å². The van der Waals surface area contributed by atoms with Crippen LogP contribution in [0.4, 0.5) is 0 Å². The molecule has 0 saturated carbocycles. The van der Waals surface area contributed by atoms with Crippen molar-refractivity contribution in [2.24, 2.45) is 0 Å². The van der Waals surface area contributed by atoms with Gasteiger partial charge in [0.2, 0.25) is 0 Å². The number of imidazole rings is 1. The molecule has 0 spiro atoms. The van der Waals surface area contributed by atoms with E-state index in [-0.39, 0.29) is 48.9 Å². The number of hydrogen-bond donors (Lipinski definition) is 5. The van der Waals surface area contributed by atoms with E-state index < -0.39 is 26.8 Å². The zero-order chi connectivity index (χ0) is 12.6. The van der Waals surface area contributed by atoms with E-state index in [9.17, 15) is 14.2 Å². The third-order valence-electron chi connectivity index (χ3n) is 1.89. The molecule has 0 radical (unpaired) electrons. The van der Waals surface area contributed by atoms with E-state index >= 15 is 0 Å². The molecule has 0 aliphatic rings. The molecular formula is C5H12BaN2O7P2. The molecule has 0 atom stereocenters. The van der Waals surface area contributed by atoms with Gasteiger partial charge < -0.3 is 29.2 Å². The van der Waals surface area contributed by atoms with Crippen LogP contribution in [0.2, 0.25) is 0 Å². The van der Waals surface area contributed by atoms with Crippen LogP contribution >= 0.6 is 15.2 Å². The Morgan fingerprint density at radius 2 is 1.65 bits per heavy atom. The molecule has 1 aromatic heterocycles.